The van der Waals surface area contributed by atoms with Crippen LogP contribution in [0.4, 0.5) is 0 Å². The van der Waals surface area contributed by atoms with E-state index in [1.807, 2.05) is 0 Å². The smallest absolute Gasteiger partial charge is 0.331 e. The first kappa shape index (κ1) is 9.25. The molecule has 4 heteroatoms. The van der Waals surface area contributed by atoms with Crippen LogP contribution in [0.5, 0.6) is 0 Å². The molecule has 0 atom stereocenters. The summed E-state index contributed by atoms with van der Waals surface area (Å²) in [5.41, 5.74) is 0.939. The van der Waals surface area contributed by atoms with Crippen molar-refractivity contribution in [1.82, 2.24) is 9.97 Å². The average Bonchev–Trinajstić information content (AvgIpc) is 2.52. The quantitative estimate of drug-likeness (QED) is 0.690. The minimum Gasteiger partial charge on any atom is -0.478 e. The Morgan fingerprint density at radius 2 is 2.46 bits per heavy atom. The molecule has 0 aliphatic rings. The predicted octanol–water partition coefficient (Wildman–Crippen LogP) is 1.54. The van der Waals surface area contributed by atoms with Crippen molar-refractivity contribution in [3.63, 3.8) is 0 Å². The van der Waals surface area contributed by atoms with Crippen molar-refractivity contribution in [3.8, 4) is 0 Å². The molecule has 0 aliphatic carbocycles. The number of aromatic amines is 1. The van der Waals surface area contributed by atoms with Gasteiger partial charge in [-0.1, -0.05) is 6.58 Å². The van der Waals surface area contributed by atoms with Crippen molar-refractivity contribution >= 4 is 18.1 Å². The summed E-state index contributed by atoms with van der Waals surface area (Å²) in [5.74, 6) is -0.425. The highest BCUT2D eigenvalue weighted by Crippen LogP contribution is 2.04. The SMILES string of the molecule is C=Cc1c[nH]c(C=C(C)C(=O)O)n1. The van der Waals surface area contributed by atoms with Gasteiger partial charge in [0.15, 0.2) is 0 Å². The molecule has 0 saturated heterocycles. The van der Waals surface area contributed by atoms with E-state index in [2.05, 4.69) is 16.5 Å². The Morgan fingerprint density at radius 3 is 2.92 bits per heavy atom. The van der Waals surface area contributed by atoms with Crippen molar-refractivity contribution < 1.29 is 9.90 Å². The van der Waals surface area contributed by atoms with Crippen molar-refractivity contribution in [3.05, 3.63) is 29.9 Å². The second-order valence-electron chi connectivity index (χ2n) is 2.55. The number of nitrogens with zero attached hydrogens (tertiary/aromatic N) is 1. The lowest BCUT2D eigenvalue weighted by molar-refractivity contribution is -0.132. The van der Waals surface area contributed by atoms with E-state index >= 15 is 0 Å². The predicted molar refractivity (Wildman–Crippen MR) is 50.0 cm³/mol. The molecule has 0 unspecified atom stereocenters. The molecule has 1 aromatic heterocycles. The van der Waals surface area contributed by atoms with Gasteiger partial charge in [-0.3, -0.25) is 0 Å². The van der Waals surface area contributed by atoms with Crippen LogP contribution in [-0.2, 0) is 4.79 Å². The van der Waals surface area contributed by atoms with Gasteiger partial charge in [-0.15, -0.1) is 0 Å². The molecule has 4 nitrogen and oxygen atoms in total. The molecule has 2 N–H and O–H groups in total. The first-order valence-electron chi connectivity index (χ1n) is 3.73. The van der Waals surface area contributed by atoms with Crippen LogP contribution >= 0.6 is 0 Å². The maximum absolute atomic E-state index is 10.4. The monoisotopic (exact) mass is 178 g/mol. The summed E-state index contributed by atoms with van der Waals surface area (Å²) in [6, 6.07) is 0. The van der Waals surface area contributed by atoms with E-state index in [4.69, 9.17) is 5.11 Å². The summed E-state index contributed by atoms with van der Waals surface area (Å²) < 4.78 is 0. The number of hydrogen-bond acceptors (Lipinski definition) is 2. The molecule has 1 heterocycles. The van der Waals surface area contributed by atoms with Gasteiger partial charge in [0.2, 0.25) is 0 Å². The Hall–Kier alpha value is -1.84. The van der Waals surface area contributed by atoms with Crippen molar-refractivity contribution in [2.45, 2.75) is 6.92 Å². The third-order valence-electron chi connectivity index (χ3n) is 1.52. The molecule has 0 spiro atoms. The number of hydrogen-bond donors (Lipinski definition) is 2. The summed E-state index contributed by atoms with van der Waals surface area (Å²) in [6.07, 6.45) is 4.72. The van der Waals surface area contributed by atoms with Crippen LogP contribution < -0.4 is 0 Å². The zero-order chi connectivity index (χ0) is 9.84. The van der Waals surface area contributed by atoms with Crippen LogP contribution in [0.15, 0.2) is 18.3 Å². The second kappa shape index (κ2) is 3.71. The number of carboxylic acids is 1. The van der Waals surface area contributed by atoms with Crippen LogP contribution in [0.3, 0.4) is 0 Å². The Kier molecular flexibility index (Phi) is 2.64. The number of aromatic nitrogens is 2. The van der Waals surface area contributed by atoms with Crippen LogP contribution in [0.1, 0.15) is 18.4 Å². The molecular weight excluding hydrogens is 168 g/mol. The Bertz CT molecular complexity index is 363. The Balaban J connectivity index is 2.90. The molecule has 0 aliphatic heterocycles. The van der Waals surface area contributed by atoms with Gasteiger partial charge in [0.25, 0.3) is 0 Å². The van der Waals surface area contributed by atoms with E-state index in [-0.39, 0.29) is 5.57 Å². The number of rotatable bonds is 3. The first-order valence-corrected chi connectivity index (χ1v) is 3.73. The molecule has 68 valence electrons. The lowest BCUT2D eigenvalue weighted by Crippen LogP contribution is -1.95. The van der Waals surface area contributed by atoms with Gasteiger partial charge in [0, 0.05) is 11.8 Å². The first-order chi connectivity index (χ1) is 6.13. The molecule has 13 heavy (non-hydrogen) atoms. The highest BCUT2D eigenvalue weighted by Gasteiger charge is 2.01. The lowest BCUT2D eigenvalue weighted by atomic mass is 10.3. The number of H-pyrrole nitrogens is 1. The zero-order valence-corrected chi connectivity index (χ0v) is 7.24. The Morgan fingerprint density at radius 1 is 1.77 bits per heavy atom. The molecule has 0 aromatic carbocycles. The minimum atomic E-state index is -0.948. The van der Waals surface area contributed by atoms with Gasteiger partial charge in [0.1, 0.15) is 5.82 Å². The van der Waals surface area contributed by atoms with Crippen LogP contribution in [-0.4, -0.2) is 21.0 Å². The van der Waals surface area contributed by atoms with Crippen LogP contribution in [0.25, 0.3) is 12.2 Å². The van der Waals surface area contributed by atoms with Gasteiger partial charge >= 0.3 is 5.97 Å². The number of aliphatic carboxylic acids is 1. The van der Waals surface area contributed by atoms with Crippen molar-refractivity contribution in [1.29, 1.82) is 0 Å². The van der Waals surface area contributed by atoms with Gasteiger partial charge in [-0.2, -0.15) is 0 Å². The van der Waals surface area contributed by atoms with E-state index in [0.717, 1.165) is 0 Å². The molecule has 0 bridgehead atoms. The van der Waals surface area contributed by atoms with Crippen molar-refractivity contribution in [2.75, 3.05) is 0 Å². The number of carboxylic acid groups (broad SMARTS) is 1. The third-order valence-corrected chi connectivity index (χ3v) is 1.52. The fourth-order valence-corrected chi connectivity index (χ4v) is 0.797. The number of carbonyl (C=O) groups is 1. The maximum atomic E-state index is 10.4. The van der Waals surface area contributed by atoms with E-state index < -0.39 is 5.97 Å². The summed E-state index contributed by atoms with van der Waals surface area (Å²) in [5, 5.41) is 8.58. The Labute approximate surface area is 75.6 Å². The summed E-state index contributed by atoms with van der Waals surface area (Å²) in [6.45, 7) is 5.05. The fraction of sp³-hybridized carbons (Fsp3) is 0.111. The topological polar surface area (TPSA) is 66.0 Å². The standard InChI is InChI=1S/C9H10N2O2/c1-3-7-5-10-8(11-7)4-6(2)9(12)13/h3-5H,1H2,2H3,(H,10,11)(H,12,13). The van der Waals surface area contributed by atoms with E-state index in [1.54, 1.807) is 12.3 Å². The fourth-order valence-electron chi connectivity index (χ4n) is 0.797. The average molecular weight is 178 g/mol. The molecule has 1 aromatic rings. The summed E-state index contributed by atoms with van der Waals surface area (Å²) in [4.78, 5) is 17.3. The normalized spacial score (nSPS) is 11.3. The zero-order valence-electron chi connectivity index (χ0n) is 7.24. The van der Waals surface area contributed by atoms with Crippen LogP contribution in [0.2, 0.25) is 0 Å². The molecule has 0 amide bonds. The largest absolute Gasteiger partial charge is 0.478 e. The van der Waals surface area contributed by atoms with Gasteiger partial charge < -0.3 is 10.1 Å². The number of nitrogens with one attached hydrogen (secondary N) is 1. The van der Waals surface area contributed by atoms with Crippen LogP contribution in [0, 0.1) is 0 Å². The molecule has 0 saturated carbocycles. The van der Waals surface area contributed by atoms with E-state index in [9.17, 15) is 4.79 Å². The third kappa shape index (κ3) is 2.30. The second-order valence-corrected chi connectivity index (χ2v) is 2.55. The lowest BCUT2D eigenvalue weighted by Gasteiger charge is -1.89. The highest BCUT2D eigenvalue weighted by atomic mass is 16.4. The minimum absolute atomic E-state index is 0.241. The van der Waals surface area contributed by atoms with Gasteiger partial charge in [-0.05, 0) is 19.1 Å². The molecule has 1 rings (SSSR count). The van der Waals surface area contributed by atoms with E-state index in [1.165, 1.54) is 13.0 Å². The van der Waals surface area contributed by atoms with Gasteiger partial charge in [-0.25, -0.2) is 9.78 Å². The van der Waals surface area contributed by atoms with E-state index in [0.29, 0.717) is 11.5 Å². The molecule has 0 fully saturated rings. The van der Waals surface area contributed by atoms with Crippen molar-refractivity contribution in [2.24, 2.45) is 0 Å². The molecule has 0 radical (unpaired) electrons. The van der Waals surface area contributed by atoms with Gasteiger partial charge in [0.05, 0.1) is 5.69 Å². The highest BCUT2D eigenvalue weighted by molar-refractivity contribution is 5.90. The summed E-state index contributed by atoms with van der Waals surface area (Å²) >= 11 is 0. The number of imidazole rings is 1. The maximum Gasteiger partial charge on any atom is 0.331 e. The summed E-state index contributed by atoms with van der Waals surface area (Å²) in [7, 11) is 0. The molecular formula is C9H10N2O2.